The molecule has 1 saturated heterocycles. The van der Waals surface area contributed by atoms with E-state index in [0.717, 1.165) is 5.56 Å². The van der Waals surface area contributed by atoms with Crippen molar-refractivity contribution in [1.29, 1.82) is 0 Å². The van der Waals surface area contributed by atoms with E-state index < -0.39 is 5.54 Å². The lowest BCUT2D eigenvalue weighted by atomic mass is 9.92. The smallest absolute Gasteiger partial charge is 0.319 e. The van der Waals surface area contributed by atoms with Gasteiger partial charge in [-0.05, 0) is 41.9 Å². The first-order valence-corrected chi connectivity index (χ1v) is 8.34. The molecule has 0 saturated carbocycles. The molecule has 1 atom stereocenters. The Morgan fingerprint density at radius 3 is 2.61 bits per heavy atom. The fraction of sp³-hybridized carbons (Fsp3) is 0.294. The molecule has 1 aromatic heterocycles. The second-order valence-corrected chi connectivity index (χ2v) is 6.72. The van der Waals surface area contributed by atoms with Crippen molar-refractivity contribution in [2.24, 2.45) is 0 Å². The Bertz CT molecular complexity index is 702. The first-order valence-electron chi connectivity index (χ1n) is 7.40. The van der Waals surface area contributed by atoms with Crippen molar-refractivity contribution in [3.8, 4) is 0 Å². The zero-order valence-electron chi connectivity index (χ0n) is 13.2. The summed E-state index contributed by atoms with van der Waals surface area (Å²) in [6, 6.07) is 11.0. The van der Waals surface area contributed by atoms with E-state index >= 15 is 0 Å². The molecular formula is C17H19N3O2S. The van der Waals surface area contributed by atoms with Crippen LogP contribution >= 0.6 is 11.3 Å². The van der Waals surface area contributed by atoms with Crippen LogP contribution in [0.15, 0.2) is 47.2 Å². The van der Waals surface area contributed by atoms with Crippen LogP contribution in [-0.2, 0) is 16.9 Å². The molecule has 1 aliphatic rings. The number of benzene rings is 1. The summed E-state index contributed by atoms with van der Waals surface area (Å²) < 4.78 is 0. The molecule has 0 unspecified atom stereocenters. The van der Waals surface area contributed by atoms with Gasteiger partial charge in [0.15, 0.2) is 0 Å². The Hall–Kier alpha value is -2.18. The predicted octanol–water partition coefficient (Wildman–Crippen LogP) is 2.60. The maximum absolute atomic E-state index is 12.8. The lowest BCUT2D eigenvalue weighted by molar-refractivity contribution is -0.132. The third-order valence-corrected chi connectivity index (χ3v) is 4.77. The molecule has 0 aliphatic carbocycles. The van der Waals surface area contributed by atoms with Gasteiger partial charge in [-0.1, -0.05) is 30.3 Å². The Labute approximate surface area is 139 Å². The van der Waals surface area contributed by atoms with Crippen LogP contribution in [0.2, 0.25) is 0 Å². The molecule has 2 heterocycles. The highest BCUT2D eigenvalue weighted by molar-refractivity contribution is 7.07. The van der Waals surface area contributed by atoms with Crippen molar-refractivity contribution in [2.45, 2.75) is 19.0 Å². The van der Waals surface area contributed by atoms with Gasteiger partial charge in [0.25, 0.3) is 5.91 Å². The lowest BCUT2D eigenvalue weighted by Crippen LogP contribution is -2.42. The van der Waals surface area contributed by atoms with Gasteiger partial charge in [-0.15, -0.1) is 0 Å². The van der Waals surface area contributed by atoms with Crippen molar-refractivity contribution in [1.82, 2.24) is 15.1 Å². The van der Waals surface area contributed by atoms with E-state index in [2.05, 4.69) is 10.7 Å². The summed E-state index contributed by atoms with van der Waals surface area (Å²) in [5.41, 5.74) is 0.971. The minimum atomic E-state index is -0.998. The zero-order chi connectivity index (χ0) is 16.4. The first kappa shape index (κ1) is 15.7. The molecule has 0 radical (unpaired) electrons. The van der Waals surface area contributed by atoms with Gasteiger partial charge in [-0.2, -0.15) is 11.3 Å². The van der Waals surface area contributed by atoms with Crippen LogP contribution in [0.3, 0.4) is 0 Å². The van der Waals surface area contributed by atoms with Crippen LogP contribution in [0.4, 0.5) is 4.79 Å². The maximum atomic E-state index is 12.8. The molecule has 1 aromatic carbocycles. The van der Waals surface area contributed by atoms with Gasteiger partial charge < -0.3 is 5.32 Å². The minimum absolute atomic E-state index is 0.217. The topological polar surface area (TPSA) is 52.6 Å². The number of thiophene rings is 1. The molecule has 2 aromatic rings. The predicted molar refractivity (Wildman–Crippen MR) is 89.8 cm³/mol. The van der Waals surface area contributed by atoms with Crippen LogP contribution < -0.4 is 5.32 Å². The van der Waals surface area contributed by atoms with Crippen molar-refractivity contribution in [3.63, 3.8) is 0 Å². The number of hydrogen-bond acceptors (Lipinski definition) is 4. The van der Waals surface area contributed by atoms with Gasteiger partial charge in [-0.25, -0.2) is 9.69 Å². The Kier molecular flexibility index (Phi) is 4.19. The van der Waals surface area contributed by atoms with Crippen LogP contribution in [0, 0.1) is 0 Å². The van der Waals surface area contributed by atoms with Gasteiger partial charge >= 0.3 is 6.03 Å². The maximum Gasteiger partial charge on any atom is 0.326 e. The highest BCUT2D eigenvalue weighted by Crippen LogP contribution is 2.28. The van der Waals surface area contributed by atoms with Crippen LogP contribution in [-0.4, -0.2) is 35.5 Å². The van der Waals surface area contributed by atoms with Gasteiger partial charge in [0.05, 0.1) is 6.67 Å². The largest absolute Gasteiger partial charge is 0.326 e. The third-order valence-electron chi connectivity index (χ3n) is 4.04. The molecule has 120 valence electrons. The normalized spacial score (nSPS) is 21.1. The SMILES string of the molecule is CN(Cc1ccsc1)CN1C(=O)N[C@@](C)(c2ccccc2)C1=O. The summed E-state index contributed by atoms with van der Waals surface area (Å²) in [6.07, 6.45) is 0. The van der Waals surface area contributed by atoms with Crippen LogP contribution in [0.5, 0.6) is 0 Å². The van der Waals surface area contributed by atoms with Crippen molar-refractivity contribution < 1.29 is 9.59 Å². The number of carbonyl (C=O) groups is 2. The molecule has 5 nitrogen and oxygen atoms in total. The molecule has 1 aliphatic heterocycles. The lowest BCUT2D eigenvalue weighted by Gasteiger charge is -2.24. The summed E-state index contributed by atoms with van der Waals surface area (Å²) in [5.74, 6) is -0.217. The average Bonchev–Trinajstić information content (AvgIpc) is 3.11. The first-order chi connectivity index (χ1) is 11.0. The monoisotopic (exact) mass is 329 g/mol. The standard InChI is InChI=1S/C17H19N3O2S/c1-17(14-6-4-3-5-7-14)15(21)20(16(22)18-17)12-19(2)10-13-8-9-23-11-13/h3-9,11H,10,12H2,1-2H3,(H,18,22)/t17-/m0/s1. The zero-order valence-corrected chi connectivity index (χ0v) is 14.0. The number of rotatable bonds is 5. The fourth-order valence-corrected chi connectivity index (χ4v) is 3.44. The molecule has 1 fully saturated rings. The third kappa shape index (κ3) is 3.00. The number of carbonyl (C=O) groups excluding carboxylic acids is 2. The second-order valence-electron chi connectivity index (χ2n) is 5.94. The summed E-state index contributed by atoms with van der Waals surface area (Å²) >= 11 is 1.64. The highest BCUT2D eigenvalue weighted by atomic mass is 32.1. The average molecular weight is 329 g/mol. The summed E-state index contributed by atoms with van der Waals surface area (Å²) in [5, 5.41) is 6.91. The number of nitrogens with one attached hydrogen (secondary N) is 1. The van der Waals surface area contributed by atoms with E-state index in [1.165, 1.54) is 10.5 Å². The van der Waals surface area contributed by atoms with Gasteiger partial charge in [0, 0.05) is 6.54 Å². The molecule has 3 amide bonds. The van der Waals surface area contributed by atoms with Crippen molar-refractivity contribution >= 4 is 23.3 Å². The Balaban J connectivity index is 1.74. The second kappa shape index (κ2) is 6.14. The molecule has 6 heteroatoms. The molecule has 1 N–H and O–H groups in total. The Morgan fingerprint density at radius 1 is 1.22 bits per heavy atom. The van der Waals surface area contributed by atoms with Gasteiger partial charge in [0.1, 0.15) is 5.54 Å². The summed E-state index contributed by atoms with van der Waals surface area (Å²) in [7, 11) is 1.90. The number of nitrogens with zero attached hydrogens (tertiary/aromatic N) is 2. The van der Waals surface area contributed by atoms with Gasteiger partial charge in [-0.3, -0.25) is 9.69 Å². The molecule has 3 rings (SSSR count). The van der Waals surface area contributed by atoms with E-state index in [4.69, 9.17) is 0 Å². The molecule has 0 bridgehead atoms. The molecule has 0 spiro atoms. The number of urea groups is 1. The van der Waals surface area contributed by atoms with E-state index in [0.29, 0.717) is 6.54 Å². The summed E-state index contributed by atoms with van der Waals surface area (Å²) in [4.78, 5) is 28.3. The molecular weight excluding hydrogens is 310 g/mol. The Morgan fingerprint density at radius 2 is 1.96 bits per heavy atom. The van der Waals surface area contributed by atoms with Crippen LogP contribution in [0.1, 0.15) is 18.1 Å². The summed E-state index contributed by atoms with van der Waals surface area (Å²) in [6.45, 7) is 2.72. The van der Waals surface area contributed by atoms with E-state index in [9.17, 15) is 9.59 Å². The number of hydrogen-bond donors (Lipinski definition) is 1. The van der Waals surface area contributed by atoms with Crippen molar-refractivity contribution in [3.05, 3.63) is 58.3 Å². The van der Waals surface area contributed by atoms with E-state index in [-0.39, 0.29) is 18.6 Å². The van der Waals surface area contributed by atoms with E-state index in [1.807, 2.05) is 53.7 Å². The molecule has 23 heavy (non-hydrogen) atoms. The van der Waals surface area contributed by atoms with Gasteiger partial charge in [0.2, 0.25) is 0 Å². The number of amides is 3. The fourth-order valence-electron chi connectivity index (χ4n) is 2.78. The van der Waals surface area contributed by atoms with E-state index in [1.54, 1.807) is 18.3 Å². The van der Waals surface area contributed by atoms with Crippen LogP contribution in [0.25, 0.3) is 0 Å². The van der Waals surface area contributed by atoms with Crippen molar-refractivity contribution in [2.75, 3.05) is 13.7 Å². The quantitative estimate of drug-likeness (QED) is 0.858. The highest BCUT2D eigenvalue weighted by Gasteiger charge is 2.49. The minimum Gasteiger partial charge on any atom is -0.319 e. The number of imide groups is 1.